The van der Waals surface area contributed by atoms with Crippen LogP contribution in [-0.4, -0.2) is 17.5 Å². The molecule has 0 amide bonds. The van der Waals surface area contributed by atoms with Crippen molar-refractivity contribution >= 4 is 11.8 Å². The zero-order chi connectivity index (χ0) is 14.9. The molecule has 2 atom stereocenters. The molecule has 1 aromatic carbocycles. The first-order valence-corrected chi connectivity index (χ1v) is 9.84. The first-order valence-electron chi connectivity index (χ1n) is 8.79. The monoisotopic (exact) mass is 305 g/mol. The van der Waals surface area contributed by atoms with E-state index in [1.165, 1.54) is 50.7 Å². The normalized spacial score (nSPS) is 21.8. The average Bonchev–Trinajstić information content (AvgIpc) is 2.69. The van der Waals surface area contributed by atoms with E-state index in [9.17, 15) is 0 Å². The molecular weight excluding hydrogens is 274 g/mol. The summed E-state index contributed by atoms with van der Waals surface area (Å²) in [4.78, 5) is 0. The number of rotatable bonds is 8. The SMILES string of the molecule is CCCCCSC1CCCc2ccccc2C1NCCC. The smallest absolute Gasteiger partial charge is 0.0443 e. The molecule has 0 bridgehead atoms. The Bertz CT molecular complexity index is 404. The number of benzene rings is 1. The predicted octanol–water partition coefficient (Wildman–Crippen LogP) is 5.36. The highest BCUT2D eigenvalue weighted by Gasteiger charge is 2.27. The Labute approximate surface area is 135 Å². The Morgan fingerprint density at radius 3 is 2.81 bits per heavy atom. The van der Waals surface area contributed by atoms with E-state index in [-0.39, 0.29) is 0 Å². The van der Waals surface area contributed by atoms with Crippen LogP contribution in [0.2, 0.25) is 0 Å². The van der Waals surface area contributed by atoms with Gasteiger partial charge in [0, 0.05) is 11.3 Å². The molecule has 2 heteroatoms. The standard InChI is InChI=1S/C19H31NS/c1-3-5-8-15-21-18-13-9-11-16-10-6-7-12-17(16)19(18)20-14-4-2/h6-7,10,12,18-20H,3-5,8-9,11,13-15H2,1-2H3. The summed E-state index contributed by atoms with van der Waals surface area (Å²) in [5, 5.41) is 4.58. The maximum Gasteiger partial charge on any atom is 0.0443 e. The van der Waals surface area contributed by atoms with Crippen molar-refractivity contribution in [2.45, 2.75) is 70.1 Å². The van der Waals surface area contributed by atoms with Crippen molar-refractivity contribution in [1.82, 2.24) is 5.32 Å². The molecule has 1 aliphatic rings. The van der Waals surface area contributed by atoms with Crippen molar-refractivity contribution in [2.24, 2.45) is 0 Å². The summed E-state index contributed by atoms with van der Waals surface area (Å²) in [7, 11) is 0. The molecule has 0 saturated heterocycles. The van der Waals surface area contributed by atoms with Crippen LogP contribution in [0.5, 0.6) is 0 Å². The third-order valence-corrected chi connectivity index (χ3v) is 5.85. The minimum absolute atomic E-state index is 0.551. The van der Waals surface area contributed by atoms with Crippen LogP contribution in [0.15, 0.2) is 24.3 Å². The summed E-state index contributed by atoms with van der Waals surface area (Å²) in [5.74, 6) is 1.32. The molecule has 118 valence electrons. The topological polar surface area (TPSA) is 12.0 Å². The fraction of sp³-hybridized carbons (Fsp3) is 0.684. The third-order valence-electron chi connectivity index (χ3n) is 4.39. The van der Waals surface area contributed by atoms with Gasteiger partial charge in [-0.05, 0) is 55.5 Å². The molecule has 1 N–H and O–H groups in total. The molecule has 1 aliphatic carbocycles. The Morgan fingerprint density at radius 1 is 1.14 bits per heavy atom. The fourth-order valence-corrected chi connectivity index (χ4v) is 4.68. The van der Waals surface area contributed by atoms with Crippen molar-refractivity contribution in [1.29, 1.82) is 0 Å². The molecule has 21 heavy (non-hydrogen) atoms. The number of hydrogen-bond donors (Lipinski definition) is 1. The van der Waals surface area contributed by atoms with E-state index in [1.807, 2.05) is 0 Å². The minimum atomic E-state index is 0.551. The molecule has 1 nitrogen and oxygen atoms in total. The quantitative estimate of drug-likeness (QED) is 0.513. The summed E-state index contributed by atoms with van der Waals surface area (Å²) in [6.45, 7) is 5.68. The van der Waals surface area contributed by atoms with E-state index < -0.39 is 0 Å². The van der Waals surface area contributed by atoms with Gasteiger partial charge in [-0.3, -0.25) is 0 Å². The zero-order valence-corrected chi connectivity index (χ0v) is 14.6. The average molecular weight is 306 g/mol. The lowest BCUT2D eigenvalue weighted by atomic mass is 9.99. The highest BCUT2D eigenvalue weighted by molar-refractivity contribution is 7.99. The molecule has 0 aromatic heterocycles. The summed E-state index contributed by atoms with van der Waals surface area (Å²) >= 11 is 2.21. The van der Waals surface area contributed by atoms with E-state index in [0.717, 1.165) is 11.8 Å². The first kappa shape index (κ1) is 16.9. The predicted molar refractivity (Wildman–Crippen MR) is 96.2 cm³/mol. The molecule has 2 rings (SSSR count). The van der Waals surface area contributed by atoms with Gasteiger partial charge in [-0.1, -0.05) is 51.0 Å². The molecule has 0 heterocycles. The van der Waals surface area contributed by atoms with E-state index in [0.29, 0.717) is 6.04 Å². The second-order valence-corrected chi connectivity index (χ2v) is 7.49. The zero-order valence-electron chi connectivity index (χ0n) is 13.7. The van der Waals surface area contributed by atoms with Gasteiger partial charge in [0.1, 0.15) is 0 Å². The van der Waals surface area contributed by atoms with Gasteiger partial charge < -0.3 is 5.32 Å². The summed E-state index contributed by atoms with van der Waals surface area (Å²) in [6.07, 6.45) is 9.24. The molecule has 0 aliphatic heterocycles. The molecule has 0 fully saturated rings. The van der Waals surface area contributed by atoms with Crippen molar-refractivity contribution in [3.05, 3.63) is 35.4 Å². The largest absolute Gasteiger partial charge is 0.309 e. The lowest BCUT2D eigenvalue weighted by molar-refractivity contribution is 0.501. The second kappa shape index (κ2) is 9.53. The summed E-state index contributed by atoms with van der Waals surface area (Å²) < 4.78 is 0. The van der Waals surface area contributed by atoms with Crippen molar-refractivity contribution in [2.75, 3.05) is 12.3 Å². The number of hydrogen-bond acceptors (Lipinski definition) is 2. The molecule has 0 spiro atoms. The van der Waals surface area contributed by atoms with E-state index in [1.54, 1.807) is 11.1 Å². The van der Waals surface area contributed by atoms with Crippen molar-refractivity contribution in [3.8, 4) is 0 Å². The molecule has 0 saturated carbocycles. The van der Waals surface area contributed by atoms with E-state index >= 15 is 0 Å². The van der Waals surface area contributed by atoms with E-state index in [2.05, 4.69) is 55.2 Å². The van der Waals surface area contributed by atoms with Crippen molar-refractivity contribution in [3.63, 3.8) is 0 Å². The van der Waals surface area contributed by atoms with Crippen LogP contribution in [0.1, 0.15) is 69.5 Å². The van der Waals surface area contributed by atoms with Gasteiger partial charge in [0.05, 0.1) is 0 Å². The Balaban J connectivity index is 2.06. The Kier molecular flexibility index (Phi) is 7.66. The number of nitrogens with one attached hydrogen (secondary N) is 1. The summed E-state index contributed by atoms with van der Waals surface area (Å²) in [5.41, 5.74) is 3.14. The van der Waals surface area contributed by atoms with Crippen LogP contribution in [0.25, 0.3) is 0 Å². The van der Waals surface area contributed by atoms with Gasteiger partial charge >= 0.3 is 0 Å². The lowest BCUT2D eigenvalue weighted by Gasteiger charge is -2.27. The highest BCUT2D eigenvalue weighted by atomic mass is 32.2. The highest BCUT2D eigenvalue weighted by Crippen LogP contribution is 2.36. The number of fused-ring (bicyclic) bond motifs is 1. The third kappa shape index (κ3) is 5.03. The van der Waals surface area contributed by atoms with Gasteiger partial charge in [0.25, 0.3) is 0 Å². The van der Waals surface area contributed by atoms with Crippen LogP contribution >= 0.6 is 11.8 Å². The van der Waals surface area contributed by atoms with Crippen molar-refractivity contribution < 1.29 is 0 Å². The van der Waals surface area contributed by atoms with Crippen LogP contribution in [0.4, 0.5) is 0 Å². The van der Waals surface area contributed by atoms with Crippen LogP contribution in [0.3, 0.4) is 0 Å². The van der Waals surface area contributed by atoms with Crippen LogP contribution in [0, 0.1) is 0 Å². The van der Waals surface area contributed by atoms with Gasteiger partial charge in [0.15, 0.2) is 0 Å². The van der Waals surface area contributed by atoms with Gasteiger partial charge in [-0.15, -0.1) is 0 Å². The summed E-state index contributed by atoms with van der Waals surface area (Å²) in [6, 6.07) is 9.65. The van der Waals surface area contributed by atoms with E-state index in [4.69, 9.17) is 0 Å². The number of unbranched alkanes of at least 4 members (excludes halogenated alkanes) is 2. The van der Waals surface area contributed by atoms with Gasteiger partial charge in [-0.25, -0.2) is 0 Å². The lowest BCUT2D eigenvalue weighted by Crippen LogP contribution is -2.30. The number of aryl methyl sites for hydroxylation is 1. The fourth-order valence-electron chi connectivity index (χ4n) is 3.23. The minimum Gasteiger partial charge on any atom is -0.309 e. The molecule has 2 unspecified atom stereocenters. The maximum absolute atomic E-state index is 3.84. The molecular formula is C19H31NS. The molecule has 1 aromatic rings. The van der Waals surface area contributed by atoms with Crippen LogP contribution in [-0.2, 0) is 6.42 Å². The first-order chi connectivity index (χ1) is 10.4. The second-order valence-electron chi connectivity index (χ2n) is 6.14. The van der Waals surface area contributed by atoms with Crippen LogP contribution < -0.4 is 5.32 Å². The number of thioether (sulfide) groups is 1. The Morgan fingerprint density at radius 2 is 2.00 bits per heavy atom. The molecule has 0 radical (unpaired) electrons. The van der Waals surface area contributed by atoms with Gasteiger partial charge in [0.2, 0.25) is 0 Å². The Hall–Kier alpha value is -0.470. The van der Waals surface area contributed by atoms with Gasteiger partial charge in [-0.2, -0.15) is 11.8 Å². The maximum atomic E-state index is 3.84.